The van der Waals surface area contributed by atoms with E-state index in [0.717, 1.165) is 12.0 Å². The SMILES string of the molecule is COc1ccc(CC(C)NC(C)C(=O)O)cc1OC. The molecule has 2 atom stereocenters. The third-order valence-corrected chi connectivity index (χ3v) is 2.89. The zero-order chi connectivity index (χ0) is 14.4. The predicted molar refractivity (Wildman–Crippen MR) is 72.9 cm³/mol. The van der Waals surface area contributed by atoms with Gasteiger partial charge in [0.2, 0.25) is 0 Å². The van der Waals surface area contributed by atoms with Crippen molar-refractivity contribution in [3.8, 4) is 11.5 Å². The molecule has 0 spiro atoms. The Kier molecular flexibility index (Phi) is 5.63. The number of rotatable bonds is 7. The number of carboxylic acids is 1. The van der Waals surface area contributed by atoms with Crippen LogP contribution in [0.2, 0.25) is 0 Å². The summed E-state index contributed by atoms with van der Waals surface area (Å²) >= 11 is 0. The van der Waals surface area contributed by atoms with Crippen molar-refractivity contribution < 1.29 is 19.4 Å². The number of benzene rings is 1. The van der Waals surface area contributed by atoms with Gasteiger partial charge in [-0.25, -0.2) is 0 Å². The molecule has 5 nitrogen and oxygen atoms in total. The molecule has 0 radical (unpaired) electrons. The monoisotopic (exact) mass is 267 g/mol. The van der Waals surface area contributed by atoms with Crippen LogP contribution in [0.25, 0.3) is 0 Å². The third-order valence-electron chi connectivity index (χ3n) is 2.89. The van der Waals surface area contributed by atoms with Gasteiger partial charge in [0.05, 0.1) is 14.2 Å². The molecule has 0 heterocycles. The maximum Gasteiger partial charge on any atom is 0.320 e. The number of methoxy groups -OCH3 is 2. The van der Waals surface area contributed by atoms with Crippen molar-refractivity contribution >= 4 is 5.97 Å². The number of aliphatic carboxylic acids is 1. The summed E-state index contributed by atoms with van der Waals surface area (Å²) in [5, 5.41) is 11.9. The molecule has 1 aromatic carbocycles. The second kappa shape index (κ2) is 6.99. The molecule has 0 bridgehead atoms. The Bertz CT molecular complexity index is 433. The molecule has 0 aliphatic heterocycles. The van der Waals surface area contributed by atoms with Gasteiger partial charge in [0.25, 0.3) is 0 Å². The lowest BCUT2D eigenvalue weighted by Crippen LogP contribution is -2.40. The van der Waals surface area contributed by atoms with Crippen LogP contribution in [0.5, 0.6) is 11.5 Å². The molecule has 5 heteroatoms. The molecule has 0 amide bonds. The molecule has 0 saturated heterocycles. The Balaban J connectivity index is 2.69. The van der Waals surface area contributed by atoms with E-state index in [4.69, 9.17) is 14.6 Å². The molecule has 0 fully saturated rings. The van der Waals surface area contributed by atoms with Crippen LogP contribution in [0, 0.1) is 0 Å². The Hall–Kier alpha value is -1.75. The molecule has 0 aliphatic carbocycles. The summed E-state index contributed by atoms with van der Waals surface area (Å²) in [6, 6.07) is 5.20. The molecular weight excluding hydrogens is 246 g/mol. The average Bonchev–Trinajstić information content (AvgIpc) is 2.38. The summed E-state index contributed by atoms with van der Waals surface area (Å²) in [4.78, 5) is 10.8. The van der Waals surface area contributed by atoms with Gasteiger partial charge in [0.15, 0.2) is 11.5 Å². The minimum Gasteiger partial charge on any atom is -0.493 e. The molecule has 0 aromatic heterocycles. The van der Waals surface area contributed by atoms with Crippen molar-refractivity contribution in [1.29, 1.82) is 0 Å². The lowest BCUT2D eigenvalue weighted by Gasteiger charge is -2.17. The van der Waals surface area contributed by atoms with Crippen molar-refractivity contribution in [2.75, 3.05) is 14.2 Å². The number of carboxylic acid groups (broad SMARTS) is 1. The summed E-state index contributed by atoms with van der Waals surface area (Å²) in [6.45, 7) is 3.59. The van der Waals surface area contributed by atoms with E-state index in [1.807, 2.05) is 25.1 Å². The Labute approximate surface area is 113 Å². The predicted octanol–water partition coefficient (Wildman–Crippen LogP) is 1.70. The van der Waals surface area contributed by atoms with Gasteiger partial charge in [-0.2, -0.15) is 0 Å². The third kappa shape index (κ3) is 4.44. The number of nitrogens with one attached hydrogen (secondary N) is 1. The molecule has 2 N–H and O–H groups in total. The zero-order valence-electron chi connectivity index (χ0n) is 11.8. The second-order valence-electron chi connectivity index (χ2n) is 4.52. The maximum atomic E-state index is 10.8. The highest BCUT2D eigenvalue weighted by molar-refractivity contribution is 5.72. The first-order chi connectivity index (χ1) is 8.97. The minimum absolute atomic E-state index is 0.0594. The number of hydrogen-bond donors (Lipinski definition) is 2. The standard InChI is InChI=1S/C14H21NO4/c1-9(15-10(2)14(16)17)7-11-5-6-12(18-3)13(8-11)19-4/h5-6,8-10,15H,7H2,1-4H3,(H,16,17). The first kappa shape index (κ1) is 15.3. The molecule has 1 rings (SSSR count). The highest BCUT2D eigenvalue weighted by Gasteiger charge is 2.14. The number of carbonyl (C=O) groups is 1. The molecule has 2 unspecified atom stereocenters. The summed E-state index contributed by atoms with van der Waals surface area (Å²) in [7, 11) is 3.19. The van der Waals surface area contributed by atoms with Crippen LogP contribution in [0.3, 0.4) is 0 Å². The summed E-state index contributed by atoms with van der Waals surface area (Å²) in [6.07, 6.45) is 0.720. The lowest BCUT2D eigenvalue weighted by atomic mass is 10.1. The normalized spacial score (nSPS) is 13.7. The van der Waals surface area contributed by atoms with E-state index in [0.29, 0.717) is 11.5 Å². The second-order valence-corrected chi connectivity index (χ2v) is 4.52. The fourth-order valence-electron chi connectivity index (χ4n) is 1.92. The van der Waals surface area contributed by atoms with Crippen LogP contribution >= 0.6 is 0 Å². The van der Waals surface area contributed by atoms with Gasteiger partial charge < -0.3 is 19.9 Å². The molecule has 0 saturated carbocycles. The van der Waals surface area contributed by atoms with Crippen LogP contribution in [0.4, 0.5) is 0 Å². The van der Waals surface area contributed by atoms with E-state index in [-0.39, 0.29) is 6.04 Å². The summed E-state index contributed by atoms with van der Waals surface area (Å²) in [5.41, 5.74) is 1.07. The first-order valence-corrected chi connectivity index (χ1v) is 6.17. The Morgan fingerprint density at radius 1 is 1.26 bits per heavy atom. The lowest BCUT2D eigenvalue weighted by molar-refractivity contribution is -0.139. The van der Waals surface area contributed by atoms with Gasteiger partial charge in [-0.15, -0.1) is 0 Å². The largest absolute Gasteiger partial charge is 0.493 e. The summed E-state index contributed by atoms with van der Waals surface area (Å²) < 4.78 is 10.4. The zero-order valence-corrected chi connectivity index (χ0v) is 11.8. The Morgan fingerprint density at radius 2 is 1.89 bits per heavy atom. The van der Waals surface area contributed by atoms with Crippen molar-refractivity contribution in [1.82, 2.24) is 5.32 Å². The average molecular weight is 267 g/mol. The molecule has 1 aromatic rings. The van der Waals surface area contributed by atoms with Gasteiger partial charge in [-0.3, -0.25) is 4.79 Å². The highest BCUT2D eigenvalue weighted by atomic mass is 16.5. The molecule has 0 aliphatic rings. The van der Waals surface area contributed by atoms with E-state index in [1.54, 1.807) is 21.1 Å². The molecular formula is C14H21NO4. The van der Waals surface area contributed by atoms with E-state index >= 15 is 0 Å². The fraction of sp³-hybridized carbons (Fsp3) is 0.500. The van der Waals surface area contributed by atoms with Gasteiger partial charge >= 0.3 is 5.97 Å². The first-order valence-electron chi connectivity index (χ1n) is 6.17. The van der Waals surface area contributed by atoms with Crippen LogP contribution < -0.4 is 14.8 Å². The molecule has 106 valence electrons. The van der Waals surface area contributed by atoms with E-state index in [1.165, 1.54) is 0 Å². The van der Waals surface area contributed by atoms with E-state index in [9.17, 15) is 4.79 Å². The van der Waals surface area contributed by atoms with Crippen molar-refractivity contribution in [2.45, 2.75) is 32.4 Å². The van der Waals surface area contributed by atoms with Crippen LogP contribution in [0.1, 0.15) is 19.4 Å². The quantitative estimate of drug-likeness (QED) is 0.787. The van der Waals surface area contributed by atoms with Crippen molar-refractivity contribution in [3.05, 3.63) is 23.8 Å². The van der Waals surface area contributed by atoms with E-state index in [2.05, 4.69) is 5.32 Å². The smallest absolute Gasteiger partial charge is 0.320 e. The van der Waals surface area contributed by atoms with Gasteiger partial charge in [-0.05, 0) is 38.0 Å². The van der Waals surface area contributed by atoms with Crippen molar-refractivity contribution in [3.63, 3.8) is 0 Å². The molecule has 19 heavy (non-hydrogen) atoms. The van der Waals surface area contributed by atoms with Gasteiger partial charge in [0.1, 0.15) is 6.04 Å². The summed E-state index contributed by atoms with van der Waals surface area (Å²) in [5.74, 6) is 0.517. The van der Waals surface area contributed by atoms with Crippen LogP contribution in [0.15, 0.2) is 18.2 Å². The van der Waals surface area contributed by atoms with Crippen LogP contribution in [-0.4, -0.2) is 37.4 Å². The van der Waals surface area contributed by atoms with Crippen LogP contribution in [-0.2, 0) is 11.2 Å². The highest BCUT2D eigenvalue weighted by Crippen LogP contribution is 2.27. The minimum atomic E-state index is -0.848. The fourth-order valence-corrected chi connectivity index (χ4v) is 1.92. The Morgan fingerprint density at radius 3 is 2.42 bits per heavy atom. The number of ether oxygens (including phenoxy) is 2. The topological polar surface area (TPSA) is 67.8 Å². The maximum absolute atomic E-state index is 10.8. The van der Waals surface area contributed by atoms with Gasteiger partial charge in [-0.1, -0.05) is 6.07 Å². The number of hydrogen-bond acceptors (Lipinski definition) is 4. The van der Waals surface area contributed by atoms with Gasteiger partial charge in [0, 0.05) is 6.04 Å². The van der Waals surface area contributed by atoms with E-state index < -0.39 is 12.0 Å². The van der Waals surface area contributed by atoms with Crippen molar-refractivity contribution in [2.24, 2.45) is 0 Å².